The molecule has 1 aromatic heterocycles. The van der Waals surface area contributed by atoms with Gasteiger partial charge in [-0.05, 0) is 97.9 Å². The summed E-state index contributed by atoms with van der Waals surface area (Å²) in [6.45, 7) is 4.70. The summed E-state index contributed by atoms with van der Waals surface area (Å²) in [5, 5.41) is 4.69. The second-order valence-corrected chi connectivity index (χ2v) is 15.7. The summed E-state index contributed by atoms with van der Waals surface area (Å²) in [5.41, 5.74) is 17.5. The minimum atomic E-state index is -0.104. The molecule has 0 atom stereocenters. The lowest BCUT2D eigenvalue weighted by atomic mass is 9.82. The van der Waals surface area contributed by atoms with Gasteiger partial charge in [-0.15, -0.1) is 0 Å². The van der Waals surface area contributed by atoms with Crippen molar-refractivity contribution in [2.24, 2.45) is 0 Å². The molecule has 1 heterocycles. The fourth-order valence-electron chi connectivity index (χ4n) is 9.25. The van der Waals surface area contributed by atoms with E-state index in [0.29, 0.717) is 0 Å². The monoisotopic (exact) mass is 729 g/mol. The molecular formula is C55H39NO. The highest BCUT2D eigenvalue weighted by molar-refractivity contribution is 6.24. The first kappa shape index (κ1) is 33.2. The van der Waals surface area contributed by atoms with Crippen LogP contribution in [0.15, 0.2) is 205 Å². The Labute approximate surface area is 332 Å². The molecule has 1 aliphatic carbocycles. The third-order valence-corrected chi connectivity index (χ3v) is 12.1. The van der Waals surface area contributed by atoms with Crippen LogP contribution >= 0.6 is 0 Å². The molecule has 0 saturated carbocycles. The highest BCUT2D eigenvalue weighted by atomic mass is 16.3. The van der Waals surface area contributed by atoms with Gasteiger partial charge in [0.2, 0.25) is 0 Å². The quantitative estimate of drug-likeness (QED) is 0.169. The molecule has 9 aromatic carbocycles. The molecule has 0 fully saturated rings. The number of fused-ring (bicyclic) bond motifs is 8. The Balaban J connectivity index is 1.05. The molecule has 0 amide bonds. The van der Waals surface area contributed by atoms with Crippen molar-refractivity contribution < 1.29 is 4.42 Å². The third-order valence-electron chi connectivity index (χ3n) is 12.1. The molecule has 0 spiro atoms. The minimum Gasteiger partial charge on any atom is -0.455 e. The van der Waals surface area contributed by atoms with Crippen LogP contribution < -0.4 is 4.90 Å². The summed E-state index contributed by atoms with van der Waals surface area (Å²) in [7, 11) is 0. The molecule has 1 aliphatic rings. The van der Waals surface area contributed by atoms with Crippen LogP contribution in [0, 0.1) is 0 Å². The maximum Gasteiger partial charge on any atom is 0.143 e. The van der Waals surface area contributed by atoms with Crippen LogP contribution in [0.25, 0.3) is 77.2 Å². The van der Waals surface area contributed by atoms with Gasteiger partial charge < -0.3 is 9.32 Å². The Kier molecular flexibility index (Phi) is 7.55. The summed E-state index contributed by atoms with van der Waals surface area (Å²) >= 11 is 0. The number of para-hydroxylation sites is 1. The smallest absolute Gasteiger partial charge is 0.143 e. The van der Waals surface area contributed by atoms with E-state index in [0.717, 1.165) is 55.7 Å². The van der Waals surface area contributed by atoms with Gasteiger partial charge in [0, 0.05) is 44.2 Å². The van der Waals surface area contributed by atoms with Crippen LogP contribution in [0.2, 0.25) is 0 Å². The third kappa shape index (κ3) is 5.33. The van der Waals surface area contributed by atoms with Crippen molar-refractivity contribution in [1.82, 2.24) is 0 Å². The molecule has 0 N–H and O–H groups in total. The lowest BCUT2D eigenvalue weighted by molar-refractivity contribution is 0.660. The molecule has 0 saturated heterocycles. The number of hydrogen-bond donors (Lipinski definition) is 0. The topological polar surface area (TPSA) is 16.4 Å². The molecule has 57 heavy (non-hydrogen) atoms. The fraction of sp³-hybridized carbons (Fsp3) is 0.0545. The molecule has 11 rings (SSSR count). The second kappa shape index (κ2) is 13.0. The second-order valence-electron chi connectivity index (χ2n) is 15.7. The first-order valence-electron chi connectivity index (χ1n) is 19.8. The van der Waals surface area contributed by atoms with Gasteiger partial charge >= 0.3 is 0 Å². The van der Waals surface area contributed by atoms with Crippen LogP contribution in [-0.4, -0.2) is 0 Å². The van der Waals surface area contributed by atoms with Gasteiger partial charge in [-0.3, -0.25) is 0 Å². The van der Waals surface area contributed by atoms with Crippen LogP contribution in [0.1, 0.15) is 25.0 Å². The Hall–Kier alpha value is -7.16. The van der Waals surface area contributed by atoms with Crippen LogP contribution in [0.5, 0.6) is 0 Å². The van der Waals surface area contributed by atoms with E-state index in [1.165, 1.54) is 49.7 Å². The van der Waals surface area contributed by atoms with E-state index in [-0.39, 0.29) is 5.41 Å². The largest absolute Gasteiger partial charge is 0.455 e. The van der Waals surface area contributed by atoms with Crippen LogP contribution in [0.4, 0.5) is 17.1 Å². The van der Waals surface area contributed by atoms with Crippen molar-refractivity contribution in [1.29, 1.82) is 0 Å². The van der Waals surface area contributed by atoms with Crippen molar-refractivity contribution in [3.63, 3.8) is 0 Å². The number of furan rings is 1. The maximum atomic E-state index is 6.68. The number of hydrogen-bond acceptors (Lipinski definition) is 2. The summed E-state index contributed by atoms with van der Waals surface area (Å²) in [4.78, 5) is 2.40. The van der Waals surface area contributed by atoms with Crippen LogP contribution in [-0.2, 0) is 5.41 Å². The van der Waals surface area contributed by atoms with Gasteiger partial charge in [-0.2, -0.15) is 0 Å². The van der Waals surface area contributed by atoms with E-state index in [9.17, 15) is 0 Å². The van der Waals surface area contributed by atoms with Gasteiger partial charge in [0.25, 0.3) is 0 Å². The zero-order chi connectivity index (χ0) is 38.1. The molecular weight excluding hydrogens is 691 g/mol. The van der Waals surface area contributed by atoms with Gasteiger partial charge in [-0.1, -0.05) is 172 Å². The molecule has 0 radical (unpaired) electrons. The zero-order valence-corrected chi connectivity index (χ0v) is 31.9. The van der Waals surface area contributed by atoms with Gasteiger partial charge in [0.05, 0.1) is 0 Å². The summed E-state index contributed by atoms with van der Waals surface area (Å²) < 4.78 is 6.68. The fourth-order valence-corrected chi connectivity index (χ4v) is 9.25. The normalized spacial score (nSPS) is 12.9. The van der Waals surface area contributed by atoms with Gasteiger partial charge in [0.1, 0.15) is 11.2 Å². The molecule has 2 nitrogen and oxygen atoms in total. The Morgan fingerprint density at radius 3 is 1.70 bits per heavy atom. The first-order chi connectivity index (χ1) is 28.0. The van der Waals surface area contributed by atoms with Crippen molar-refractivity contribution in [3.05, 3.63) is 211 Å². The highest BCUT2D eigenvalue weighted by Gasteiger charge is 2.35. The number of rotatable bonds is 6. The summed E-state index contributed by atoms with van der Waals surface area (Å²) in [6.07, 6.45) is 0. The Bertz CT molecular complexity index is 3120. The lowest BCUT2D eigenvalue weighted by Gasteiger charge is -2.28. The number of nitrogens with zero attached hydrogens (tertiary/aromatic N) is 1. The highest BCUT2D eigenvalue weighted by Crippen LogP contribution is 2.51. The molecule has 0 bridgehead atoms. The van der Waals surface area contributed by atoms with E-state index in [1.54, 1.807) is 0 Å². The Morgan fingerprint density at radius 1 is 0.386 bits per heavy atom. The first-order valence-corrected chi connectivity index (χ1v) is 19.8. The van der Waals surface area contributed by atoms with Gasteiger partial charge in [-0.25, -0.2) is 0 Å². The number of benzene rings is 9. The van der Waals surface area contributed by atoms with E-state index in [4.69, 9.17) is 4.42 Å². The standard InChI is InChI=1S/C55H39NO/c1-55(2)49-22-10-9-18-46(49)47-33-32-43(35-50(47)55)56(41-28-23-37(24-29-41)36-13-5-3-6-14-36)42-30-25-39(26-31-42)44-19-11-17-40-27-34-51-53(52(40)44)48-21-12-20-45(54(48)57-51)38-15-7-4-8-16-38/h3-35H,1-2H3. The predicted molar refractivity (Wildman–Crippen MR) is 240 cm³/mol. The molecule has 0 aliphatic heterocycles. The zero-order valence-electron chi connectivity index (χ0n) is 31.9. The summed E-state index contributed by atoms with van der Waals surface area (Å²) in [6, 6.07) is 72.5. The van der Waals surface area contributed by atoms with E-state index in [2.05, 4.69) is 219 Å². The van der Waals surface area contributed by atoms with Gasteiger partial charge in [0.15, 0.2) is 0 Å². The van der Waals surface area contributed by atoms with Crippen molar-refractivity contribution >= 4 is 49.8 Å². The lowest BCUT2D eigenvalue weighted by Crippen LogP contribution is -2.16. The van der Waals surface area contributed by atoms with E-state index >= 15 is 0 Å². The molecule has 10 aromatic rings. The predicted octanol–water partition coefficient (Wildman–Crippen LogP) is 15.5. The average Bonchev–Trinajstić information content (AvgIpc) is 3.77. The van der Waals surface area contributed by atoms with E-state index < -0.39 is 0 Å². The van der Waals surface area contributed by atoms with Crippen molar-refractivity contribution in [2.75, 3.05) is 4.90 Å². The Morgan fingerprint density at radius 2 is 0.947 bits per heavy atom. The minimum absolute atomic E-state index is 0.104. The SMILES string of the molecule is CC1(C)c2ccccc2-c2ccc(N(c3ccc(-c4ccccc4)cc3)c3ccc(-c4cccc5ccc6oc7c(-c8ccccc8)cccc7c6c45)cc3)cc21. The molecule has 2 heteroatoms. The van der Waals surface area contributed by atoms with Crippen molar-refractivity contribution in [2.45, 2.75) is 19.3 Å². The maximum absolute atomic E-state index is 6.68. The van der Waals surface area contributed by atoms with Crippen molar-refractivity contribution in [3.8, 4) is 44.5 Å². The molecule has 270 valence electrons. The van der Waals surface area contributed by atoms with E-state index in [1.807, 2.05) is 0 Å². The average molecular weight is 730 g/mol. The summed E-state index contributed by atoms with van der Waals surface area (Å²) in [5.74, 6) is 0. The molecule has 0 unspecified atom stereocenters. The van der Waals surface area contributed by atoms with Crippen LogP contribution in [0.3, 0.4) is 0 Å². The number of anilines is 3.